The van der Waals surface area contributed by atoms with E-state index < -0.39 is 0 Å². The van der Waals surface area contributed by atoms with Gasteiger partial charge in [-0.2, -0.15) is 0 Å². The average molecular weight is 196 g/mol. The lowest BCUT2D eigenvalue weighted by atomic mass is 9.86. The van der Waals surface area contributed by atoms with Crippen LogP contribution in [0.25, 0.3) is 0 Å². The normalized spacial score (nSPS) is 33.6. The van der Waals surface area contributed by atoms with Gasteiger partial charge in [-0.25, -0.2) is 0 Å². The Balaban J connectivity index is 1.76. The molecule has 14 heavy (non-hydrogen) atoms. The van der Waals surface area contributed by atoms with Gasteiger partial charge in [0.1, 0.15) is 0 Å². The summed E-state index contributed by atoms with van der Waals surface area (Å²) in [4.78, 5) is 2.67. The zero-order valence-electron chi connectivity index (χ0n) is 9.41. The van der Waals surface area contributed by atoms with Crippen molar-refractivity contribution < 1.29 is 0 Å². The Kier molecular flexibility index (Phi) is 3.45. The molecular formula is C12H24N2. The Labute approximate surface area is 87.8 Å². The summed E-state index contributed by atoms with van der Waals surface area (Å²) in [7, 11) is 0. The van der Waals surface area contributed by atoms with Gasteiger partial charge in [0, 0.05) is 18.6 Å². The molecule has 0 aromatic carbocycles. The molecule has 0 radical (unpaired) electrons. The fraction of sp³-hybridized carbons (Fsp3) is 1.00. The van der Waals surface area contributed by atoms with E-state index in [4.69, 9.17) is 5.73 Å². The Morgan fingerprint density at radius 1 is 1.21 bits per heavy atom. The summed E-state index contributed by atoms with van der Waals surface area (Å²) in [5.41, 5.74) is 6.02. The molecular weight excluding hydrogens is 172 g/mol. The number of hydrogen-bond donors (Lipinski definition) is 1. The van der Waals surface area contributed by atoms with Crippen molar-refractivity contribution >= 4 is 0 Å². The molecule has 0 amide bonds. The lowest BCUT2D eigenvalue weighted by molar-refractivity contribution is 0.192. The van der Waals surface area contributed by atoms with Gasteiger partial charge in [-0.05, 0) is 44.6 Å². The first kappa shape index (κ1) is 10.4. The minimum atomic E-state index is 0.492. The van der Waals surface area contributed by atoms with Crippen LogP contribution in [0.1, 0.15) is 45.4 Å². The minimum absolute atomic E-state index is 0.492. The molecule has 2 unspecified atom stereocenters. The third-order valence-corrected chi connectivity index (χ3v) is 3.79. The van der Waals surface area contributed by atoms with Crippen LogP contribution in [0, 0.1) is 5.92 Å². The van der Waals surface area contributed by atoms with E-state index in [-0.39, 0.29) is 0 Å². The van der Waals surface area contributed by atoms with Crippen LogP contribution in [0.3, 0.4) is 0 Å². The first-order chi connectivity index (χ1) is 6.79. The maximum Gasteiger partial charge on any atom is 0.00964 e. The van der Waals surface area contributed by atoms with Crippen molar-refractivity contribution in [2.75, 3.05) is 13.1 Å². The zero-order valence-corrected chi connectivity index (χ0v) is 9.41. The van der Waals surface area contributed by atoms with E-state index in [1.54, 1.807) is 0 Å². The highest BCUT2D eigenvalue weighted by molar-refractivity contribution is 4.86. The van der Waals surface area contributed by atoms with Crippen molar-refractivity contribution in [1.82, 2.24) is 4.90 Å². The highest BCUT2D eigenvalue weighted by atomic mass is 15.2. The van der Waals surface area contributed by atoms with Crippen LogP contribution in [-0.2, 0) is 0 Å². The van der Waals surface area contributed by atoms with Crippen molar-refractivity contribution in [1.29, 1.82) is 0 Å². The second kappa shape index (κ2) is 4.63. The van der Waals surface area contributed by atoms with Crippen LogP contribution in [0.4, 0.5) is 0 Å². The topological polar surface area (TPSA) is 29.3 Å². The van der Waals surface area contributed by atoms with Crippen molar-refractivity contribution in [3.63, 3.8) is 0 Å². The summed E-state index contributed by atoms with van der Waals surface area (Å²) >= 11 is 0. The highest BCUT2D eigenvalue weighted by Crippen LogP contribution is 2.30. The SMILES string of the molecule is CCN(CC1CCCC(N)C1)C1CC1. The molecule has 2 aliphatic carbocycles. The van der Waals surface area contributed by atoms with Crippen LogP contribution in [0.5, 0.6) is 0 Å². The van der Waals surface area contributed by atoms with Gasteiger partial charge in [0.2, 0.25) is 0 Å². The third-order valence-electron chi connectivity index (χ3n) is 3.79. The van der Waals surface area contributed by atoms with E-state index in [1.165, 1.54) is 51.6 Å². The average Bonchev–Trinajstić information content (AvgIpc) is 2.97. The Morgan fingerprint density at radius 2 is 2.00 bits per heavy atom. The van der Waals surface area contributed by atoms with Crippen molar-refractivity contribution in [2.45, 2.75) is 57.5 Å². The molecule has 2 nitrogen and oxygen atoms in total. The third kappa shape index (κ3) is 2.71. The summed E-state index contributed by atoms with van der Waals surface area (Å²) in [6.45, 7) is 4.84. The molecule has 2 atom stereocenters. The second-order valence-corrected chi connectivity index (χ2v) is 5.11. The van der Waals surface area contributed by atoms with E-state index in [1.807, 2.05) is 0 Å². The molecule has 0 heterocycles. The number of hydrogen-bond acceptors (Lipinski definition) is 2. The second-order valence-electron chi connectivity index (χ2n) is 5.11. The van der Waals surface area contributed by atoms with Gasteiger partial charge in [-0.1, -0.05) is 13.3 Å². The van der Waals surface area contributed by atoms with Crippen LogP contribution < -0.4 is 5.73 Å². The van der Waals surface area contributed by atoms with Gasteiger partial charge in [0.25, 0.3) is 0 Å². The summed E-state index contributed by atoms with van der Waals surface area (Å²) < 4.78 is 0. The molecule has 2 heteroatoms. The summed E-state index contributed by atoms with van der Waals surface area (Å²) in [5.74, 6) is 0.888. The van der Waals surface area contributed by atoms with Gasteiger partial charge in [-0.3, -0.25) is 0 Å². The molecule has 2 rings (SSSR count). The van der Waals surface area contributed by atoms with Crippen molar-refractivity contribution in [3.05, 3.63) is 0 Å². The zero-order chi connectivity index (χ0) is 9.97. The van der Waals surface area contributed by atoms with E-state index in [0.29, 0.717) is 6.04 Å². The maximum absolute atomic E-state index is 6.02. The van der Waals surface area contributed by atoms with E-state index in [9.17, 15) is 0 Å². The number of nitrogens with zero attached hydrogens (tertiary/aromatic N) is 1. The summed E-state index contributed by atoms with van der Waals surface area (Å²) in [6.07, 6.45) is 8.17. The van der Waals surface area contributed by atoms with E-state index >= 15 is 0 Å². The first-order valence-electron chi connectivity index (χ1n) is 6.29. The molecule has 0 bridgehead atoms. The van der Waals surface area contributed by atoms with Crippen LogP contribution >= 0.6 is 0 Å². The van der Waals surface area contributed by atoms with Gasteiger partial charge >= 0.3 is 0 Å². The lowest BCUT2D eigenvalue weighted by Crippen LogP contribution is -2.36. The first-order valence-corrected chi connectivity index (χ1v) is 6.29. The monoisotopic (exact) mass is 196 g/mol. The molecule has 2 saturated carbocycles. The molecule has 0 saturated heterocycles. The Morgan fingerprint density at radius 3 is 2.57 bits per heavy atom. The van der Waals surface area contributed by atoms with Crippen LogP contribution in [0.2, 0.25) is 0 Å². The van der Waals surface area contributed by atoms with Crippen molar-refractivity contribution in [3.8, 4) is 0 Å². The maximum atomic E-state index is 6.02. The van der Waals surface area contributed by atoms with E-state index in [0.717, 1.165) is 12.0 Å². The predicted molar refractivity (Wildman–Crippen MR) is 60.2 cm³/mol. The molecule has 0 spiro atoms. The van der Waals surface area contributed by atoms with Crippen molar-refractivity contribution in [2.24, 2.45) is 11.7 Å². The molecule has 0 aliphatic heterocycles. The van der Waals surface area contributed by atoms with Crippen LogP contribution in [-0.4, -0.2) is 30.1 Å². The minimum Gasteiger partial charge on any atom is -0.328 e. The van der Waals surface area contributed by atoms with E-state index in [2.05, 4.69) is 11.8 Å². The van der Waals surface area contributed by atoms with Gasteiger partial charge in [-0.15, -0.1) is 0 Å². The quantitative estimate of drug-likeness (QED) is 0.745. The van der Waals surface area contributed by atoms with Gasteiger partial charge in [0.15, 0.2) is 0 Å². The fourth-order valence-electron chi connectivity index (χ4n) is 2.81. The van der Waals surface area contributed by atoms with Crippen LogP contribution in [0.15, 0.2) is 0 Å². The summed E-state index contributed by atoms with van der Waals surface area (Å²) in [5, 5.41) is 0. The molecule has 0 aromatic rings. The molecule has 2 fully saturated rings. The lowest BCUT2D eigenvalue weighted by Gasteiger charge is -2.31. The molecule has 2 N–H and O–H groups in total. The molecule has 82 valence electrons. The van der Waals surface area contributed by atoms with Gasteiger partial charge < -0.3 is 10.6 Å². The Hall–Kier alpha value is -0.0800. The smallest absolute Gasteiger partial charge is 0.00964 e. The highest BCUT2D eigenvalue weighted by Gasteiger charge is 2.30. The molecule has 0 aromatic heterocycles. The Bertz CT molecular complexity index is 177. The number of nitrogens with two attached hydrogens (primary N) is 1. The number of rotatable bonds is 4. The largest absolute Gasteiger partial charge is 0.328 e. The van der Waals surface area contributed by atoms with Gasteiger partial charge in [0.05, 0.1) is 0 Å². The standard InChI is InChI=1S/C12H24N2/c1-2-14(12-6-7-12)9-10-4-3-5-11(13)8-10/h10-12H,2-9,13H2,1H3. The fourth-order valence-corrected chi connectivity index (χ4v) is 2.81. The predicted octanol–water partition coefficient (Wildman–Crippen LogP) is 1.99. The molecule has 2 aliphatic rings. The summed E-state index contributed by atoms with van der Waals surface area (Å²) in [6, 6.07) is 1.42.